The molecule has 4 nitrogen and oxygen atoms in total. The zero-order valence-electron chi connectivity index (χ0n) is 12.5. The molecule has 3 saturated heterocycles. The summed E-state index contributed by atoms with van der Waals surface area (Å²) in [4.78, 5) is 17.3. The molecular weight excluding hydrogens is 238 g/mol. The molecule has 0 radical (unpaired) electrons. The van der Waals surface area contributed by atoms with Gasteiger partial charge in [-0.05, 0) is 12.8 Å². The van der Waals surface area contributed by atoms with Gasteiger partial charge in [-0.1, -0.05) is 26.7 Å². The first-order valence-corrected chi connectivity index (χ1v) is 7.98. The van der Waals surface area contributed by atoms with Gasteiger partial charge < -0.3 is 5.32 Å². The molecule has 3 aliphatic heterocycles. The fourth-order valence-corrected chi connectivity index (χ4v) is 3.38. The van der Waals surface area contributed by atoms with E-state index in [0.29, 0.717) is 6.04 Å². The second-order valence-electron chi connectivity index (χ2n) is 6.01. The van der Waals surface area contributed by atoms with Crippen LogP contribution in [0.2, 0.25) is 0 Å². The number of piperazine rings is 3. The highest BCUT2D eigenvalue weighted by molar-refractivity contribution is 5.78. The van der Waals surface area contributed by atoms with Gasteiger partial charge in [0.1, 0.15) is 0 Å². The van der Waals surface area contributed by atoms with E-state index in [0.717, 1.165) is 38.8 Å². The van der Waals surface area contributed by atoms with E-state index in [1.54, 1.807) is 0 Å². The lowest BCUT2D eigenvalue weighted by molar-refractivity contribution is -0.126. The number of fused-ring (bicyclic) bond motifs is 3. The van der Waals surface area contributed by atoms with Crippen molar-refractivity contribution in [3.05, 3.63) is 0 Å². The molecule has 3 fully saturated rings. The molecule has 3 heterocycles. The van der Waals surface area contributed by atoms with E-state index in [2.05, 4.69) is 29.0 Å². The van der Waals surface area contributed by atoms with Crippen LogP contribution in [-0.4, -0.2) is 61.0 Å². The minimum atomic E-state index is 0.228. The molecule has 3 rings (SSSR count). The van der Waals surface area contributed by atoms with Crippen molar-refractivity contribution >= 4 is 5.91 Å². The molecular formula is C15H29N3O. The first-order chi connectivity index (χ1) is 9.24. The van der Waals surface area contributed by atoms with E-state index < -0.39 is 0 Å². The molecule has 0 aromatic heterocycles. The zero-order valence-corrected chi connectivity index (χ0v) is 12.5. The Morgan fingerprint density at radius 2 is 1.79 bits per heavy atom. The predicted octanol–water partition coefficient (Wildman–Crippen LogP) is 1.32. The quantitative estimate of drug-likeness (QED) is 0.755. The van der Waals surface area contributed by atoms with Crippen LogP contribution in [0.5, 0.6) is 0 Å². The van der Waals surface area contributed by atoms with Crippen LogP contribution in [0.25, 0.3) is 0 Å². The van der Waals surface area contributed by atoms with Gasteiger partial charge in [-0.15, -0.1) is 0 Å². The summed E-state index contributed by atoms with van der Waals surface area (Å²) in [5.41, 5.74) is 0. The second kappa shape index (κ2) is 7.25. The van der Waals surface area contributed by atoms with Crippen LogP contribution < -0.4 is 5.32 Å². The van der Waals surface area contributed by atoms with Crippen molar-refractivity contribution in [2.24, 2.45) is 5.92 Å². The Labute approximate surface area is 117 Å². The first kappa shape index (κ1) is 14.8. The number of nitrogens with one attached hydrogen (secondary N) is 1. The average Bonchev–Trinajstić information content (AvgIpc) is 2.46. The van der Waals surface area contributed by atoms with E-state index in [1.807, 2.05) is 0 Å². The maximum Gasteiger partial charge on any atom is 0.223 e. The van der Waals surface area contributed by atoms with Crippen LogP contribution in [0.1, 0.15) is 39.5 Å². The summed E-state index contributed by atoms with van der Waals surface area (Å²) in [6.07, 6.45) is 4.25. The van der Waals surface area contributed by atoms with Crippen molar-refractivity contribution < 1.29 is 4.79 Å². The number of hydrogen-bond donors (Lipinski definition) is 1. The zero-order chi connectivity index (χ0) is 13.7. The van der Waals surface area contributed by atoms with Crippen molar-refractivity contribution in [2.75, 3.05) is 39.3 Å². The molecule has 3 aliphatic rings. The third kappa shape index (κ3) is 3.93. The summed E-state index contributed by atoms with van der Waals surface area (Å²) in [6, 6.07) is 0.537. The van der Waals surface area contributed by atoms with Gasteiger partial charge >= 0.3 is 0 Å². The van der Waals surface area contributed by atoms with Crippen LogP contribution in [-0.2, 0) is 4.79 Å². The highest BCUT2D eigenvalue weighted by Crippen LogP contribution is 2.16. The molecule has 1 unspecified atom stereocenters. The number of hydrogen-bond acceptors (Lipinski definition) is 3. The smallest absolute Gasteiger partial charge is 0.223 e. The SMILES string of the molecule is CCCC(CCC)C(=O)NCC1CN2CCN1CC2. The molecule has 1 N–H and O–H groups in total. The number of nitrogens with zero attached hydrogens (tertiary/aromatic N) is 2. The van der Waals surface area contributed by atoms with Crippen LogP contribution in [0.4, 0.5) is 0 Å². The van der Waals surface area contributed by atoms with Crippen molar-refractivity contribution in [3.8, 4) is 0 Å². The monoisotopic (exact) mass is 267 g/mol. The van der Waals surface area contributed by atoms with E-state index in [4.69, 9.17) is 0 Å². The highest BCUT2D eigenvalue weighted by Gasteiger charge is 2.32. The number of carbonyl (C=O) groups excluding carboxylic acids is 1. The summed E-state index contributed by atoms with van der Waals surface area (Å²) in [5, 5.41) is 3.20. The molecule has 0 saturated carbocycles. The van der Waals surface area contributed by atoms with E-state index in [9.17, 15) is 4.79 Å². The summed E-state index contributed by atoms with van der Waals surface area (Å²) in [6.45, 7) is 11.1. The van der Waals surface area contributed by atoms with Gasteiger partial charge in [0, 0.05) is 51.2 Å². The van der Waals surface area contributed by atoms with Gasteiger partial charge in [0.25, 0.3) is 0 Å². The minimum Gasteiger partial charge on any atom is -0.354 e. The Morgan fingerprint density at radius 1 is 1.16 bits per heavy atom. The molecule has 4 heteroatoms. The summed E-state index contributed by atoms with van der Waals surface area (Å²) in [5.74, 6) is 0.507. The van der Waals surface area contributed by atoms with Crippen molar-refractivity contribution in [1.82, 2.24) is 15.1 Å². The fourth-order valence-electron chi connectivity index (χ4n) is 3.38. The molecule has 1 amide bonds. The Bertz CT molecular complexity index is 281. The van der Waals surface area contributed by atoms with E-state index in [-0.39, 0.29) is 11.8 Å². The van der Waals surface area contributed by atoms with Crippen LogP contribution in [0.3, 0.4) is 0 Å². The Balaban J connectivity index is 1.76. The summed E-state index contributed by atoms with van der Waals surface area (Å²) in [7, 11) is 0. The maximum absolute atomic E-state index is 12.2. The van der Waals surface area contributed by atoms with Crippen LogP contribution in [0, 0.1) is 5.92 Å². The molecule has 110 valence electrons. The lowest BCUT2D eigenvalue weighted by atomic mass is 9.97. The van der Waals surface area contributed by atoms with Gasteiger partial charge in [0.05, 0.1) is 0 Å². The average molecular weight is 267 g/mol. The van der Waals surface area contributed by atoms with Crippen molar-refractivity contribution in [1.29, 1.82) is 0 Å². The topological polar surface area (TPSA) is 35.6 Å². The second-order valence-corrected chi connectivity index (χ2v) is 6.01. The number of amides is 1. The standard InChI is InChI=1S/C15H29N3O/c1-3-5-13(6-4-2)15(19)16-11-14-12-17-7-9-18(14)10-8-17/h13-14H,3-12H2,1-2H3,(H,16,19). The molecule has 0 spiro atoms. The number of carbonyl (C=O) groups is 1. The highest BCUT2D eigenvalue weighted by atomic mass is 16.1. The summed E-state index contributed by atoms with van der Waals surface area (Å²) < 4.78 is 0. The third-order valence-corrected chi connectivity index (χ3v) is 4.55. The third-order valence-electron chi connectivity index (χ3n) is 4.55. The number of rotatable bonds is 7. The van der Waals surface area contributed by atoms with Gasteiger partial charge in [0.15, 0.2) is 0 Å². The van der Waals surface area contributed by atoms with Crippen molar-refractivity contribution in [2.45, 2.75) is 45.6 Å². The van der Waals surface area contributed by atoms with Gasteiger partial charge in [-0.3, -0.25) is 14.6 Å². The Morgan fingerprint density at radius 3 is 2.26 bits per heavy atom. The van der Waals surface area contributed by atoms with Crippen LogP contribution >= 0.6 is 0 Å². The molecule has 0 aromatic carbocycles. The molecule has 1 atom stereocenters. The van der Waals surface area contributed by atoms with E-state index >= 15 is 0 Å². The minimum absolute atomic E-state index is 0.228. The Hall–Kier alpha value is -0.610. The fraction of sp³-hybridized carbons (Fsp3) is 0.933. The van der Waals surface area contributed by atoms with Crippen molar-refractivity contribution in [3.63, 3.8) is 0 Å². The van der Waals surface area contributed by atoms with Gasteiger partial charge in [-0.2, -0.15) is 0 Å². The van der Waals surface area contributed by atoms with E-state index in [1.165, 1.54) is 26.2 Å². The van der Waals surface area contributed by atoms with Gasteiger partial charge in [0.2, 0.25) is 5.91 Å². The lowest BCUT2D eigenvalue weighted by Gasteiger charge is -2.47. The normalized spacial score (nSPS) is 29.7. The first-order valence-electron chi connectivity index (χ1n) is 7.98. The maximum atomic E-state index is 12.2. The molecule has 0 aromatic rings. The van der Waals surface area contributed by atoms with Crippen LogP contribution in [0.15, 0.2) is 0 Å². The molecule has 2 bridgehead atoms. The molecule has 19 heavy (non-hydrogen) atoms. The summed E-state index contributed by atoms with van der Waals surface area (Å²) >= 11 is 0. The Kier molecular flexibility index (Phi) is 5.64. The van der Waals surface area contributed by atoms with Gasteiger partial charge in [-0.25, -0.2) is 0 Å². The largest absolute Gasteiger partial charge is 0.354 e. The predicted molar refractivity (Wildman–Crippen MR) is 78.1 cm³/mol. The lowest BCUT2D eigenvalue weighted by Crippen LogP contribution is -2.63. The molecule has 0 aliphatic carbocycles.